The van der Waals surface area contributed by atoms with Gasteiger partial charge in [-0.15, -0.1) is 0 Å². The van der Waals surface area contributed by atoms with Crippen LogP contribution in [0.2, 0.25) is 5.02 Å². The number of nitrogens with one attached hydrogen (secondary N) is 1. The lowest BCUT2D eigenvalue weighted by Gasteiger charge is -2.18. The summed E-state index contributed by atoms with van der Waals surface area (Å²) < 4.78 is 33.6. The Morgan fingerprint density at radius 3 is 2.58 bits per heavy atom. The lowest BCUT2D eigenvalue weighted by molar-refractivity contribution is 0.0963. The second-order valence-electron chi connectivity index (χ2n) is 6.72. The van der Waals surface area contributed by atoms with Gasteiger partial charge in [-0.3, -0.25) is 14.2 Å². The number of nitrogens with zero attached hydrogens (tertiary/aromatic N) is 1. The van der Waals surface area contributed by atoms with Crippen LogP contribution in [0, 0.1) is 18.6 Å². The summed E-state index contributed by atoms with van der Waals surface area (Å²) in [4.78, 5) is 25.0. The lowest BCUT2D eigenvalue weighted by atomic mass is 10.1. The van der Waals surface area contributed by atoms with Gasteiger partial charge in [-0.05, 0) is 36.8 Å². The Balaban J connectivity index is 2.04. The third-order valence-electron chi connectivity index (χ3n) is 4.69. The Morgan fingerprint density at radius 2 is 1.94 bits per heavy atom. The molecular weight excluding hydrogens is 430 g/mol. The molecule has 1 aromatic heterocycles. The van der Waals surface area contributed by atoms with Crippen LogP contribution in [0.4, 0.5) is 8.78 Å². The quantitative estimate of drug-likeness (QED) is 0.604. The molecule has 3 aromatic rings. The van der Waals surface area contributed by atoms with Gasteiger partial charge in [0.05, 0.1) is 18.0 Å². The van der Waals surface area contributed by atoms with Crippen molar-refractivity contribution in [2.75, 3.05) is 7.05 Å². The number of aliphatic hydroxyl groups excluding tert-OH is 1. The third-order valence-corrected chi connectivity index (χ3v) is 5.04. The molecule has 0 saturated carbocycles. The highest BCUT2D eigenvalue weighted by Gasteiger charge is 2.18. The topological polar surface area (TPSA) is 80.6 Å². The van der Waals surface area contributed by atoms with Crippen molar-refractivity contribution in [3.63, 3.8) is 0 Å². The second kappa shape index (κ2) is 9.28. The first-order valence-electron chi connectivity index (χ1n) is 9.22. The molecule has 31 heavy (non-hydrogen) atoms. The van der Waals surface area contributed by atoms with Crippen LogP contribution >= 0.6 is 11.6 Å². The number of rotatable bonds is 6. The fourth-order valence-electron chi connectivity index (χ4n) is 3.03. The van der Waals surface area contributed by atoms with Crippen LogP contribution in [0.1, 0.15) is 27.2 Å². The van der Waals surface area contributed by atoms with Crippen LogP contribution in [0.15, 0.2) is 47.3 Å². The van der Waals surface area contributed by atoms with Gasteiger partial charge in [-0.25, -0.2) is 8.78 Å². The van der Waals surface area contributed by atoms with Crippen LogP contribution in [-0.2, 0) is 13.2 Å². The first kappa shape index (κ1) is 22.5. The number of hydrogen-bond donors (Lipinski definition) is 2. The smallest absolute Gasteiger partial charge is 0.277 e. The van der Waals surface area contributed by atoms with Crippen molar-refractivity contribution < 1.29 is 23.4 Å². The number of carbonyl (C=O) groups excluding carboxylic acids is 1. The number of amides is 1. The van der Waals surface area contributed by atoms with E-state index in [1.54, 1.807) is 19.1 Å². The molecule has 0 saturated heterocycles. The van der Waals surface area contributed by atoms with Crippen molar-refractivity contribution in [3.8, 4) is 11.4 Å². The maximum atomic E-state index is 13.8. The zero-order chi connectivity index (χ0) is 22.7. The molecule has 0 aliphatic carbocycles. The Kier molecular flexibility index (Phi) is 6.72. The summed E-state index contributed by atoms with van der Waals surface area (Å²) in [5, 5.41) is 12.1. The number of pyridine rings is 1. The highest BCUT2D eigenvalue weighted by atomic mass is 35.5. The first-order chi connectivity index (χ1) is 14.8. The summed E-state index contributed by atoms with van der Waals surface area (Å²) in [5.41, 5.74) is 0.903. The molecule has 2 aromatic carbocycles. The van der Waals surface area contributed by atoms with Gasteiger partial charge in [0.25, 0.3) is 11.5 Å². The zero-order valence-electron chi connectivity index (χ0n) is 16.7. The van der Waals surface area contributed by atoms with Gasteiger partial charge < -0.3 is 15.2 Å². The molecule has 0 fully saturated rings. The molecule has 0 bridgehead atoms. The normalized spacial score (nSPS) is 10.8. The van der Waals surface area contributed by atoms with E-state index in [9.17, 15) is 23.5 Å². The Bertz CT molecular complexity index is 1210. The first-order valence-corrected chi connectivity index (χ1v) is 9.59. The monoisotopic (exact) mass is 448 g/mol. The van der Waals surface area contributed by atoms with Gasteiger partial charge in [-0.2, -0.15) is 0 Å². The van der Waals surface area contributed by atoms with Gasteiger partial charge >= 0.3 is 0 Å². The highest BCUT2D eigenvalue weighted by molar-refractivity contribution is 6.31. The lowest BCUT2D eigenvalue weighted by Crippen LogP contribution is -2.25. The minimum absolute atomic E-state index is 0.0594. The molecule has 6 nitrogen and oxygen atoms in total. The van der Waals surface area contributed by atoms with E-state index in [0.717, 1.165) is 12.1 Å². The highest BCUT2D eigenvalue weighted by Crippen LogP contribution is 2.27. The van der Waals surface area contributed by atoms with E-state index in [2.05, 4.69) is 5.32 Å². The van der Waals surface area contributed by atoms with Gasteiger partial charge in [0, 0.05) is 30.3 Å². The van der Waals surface area contributed by atoms with E-state index in [0.29, 0.717) is 16.8 Å². The second-order valence-corrected chi connectivity index (χ2v) is 7.10. The van der Waals surface area contributed by atoms with Crippen molar-refractivity contribution in [2.24, 2.45) is 0 Å². The van der Waals surface area contributed by atoms with E-state index in [-0.39, 0.29) is 34.5 Å². The molecule has 3 rings (SSSR count). The Hall–Kier alpha value is -3.23. The van der Waals surface area contributed by atoms with Gasteiger partial charge in [0.1, 0.15) is 29.0 Å². The molecule has 0 unspecified atom stereocenters. The minimum Gasteiger partial charge on any atom is -0.487 e. The van der Waals surface area contributed by atoms with E-state index >= 15 is 0 Å². The summed E-state index contributed by atoms with van der Waals surface area (Å²) >= 11 is 6.22. The van der Waals surface area contributed by atoms with E-state index < -0.39 is 23.8 Å². The summed E-state index contributed by atoms with van der Waals surface area (Å²) in [6.45, 7) is 0.912. The average Bonchev–Trinajstić information content (AvgIpc) is 2.75. The van der Waals surface area contributed by atoms with Crippen molar-refractivity contribution in [1.29, 1.82) is 0 Å². The molecule has 9 heteroatoms. The molecule has 2 N–H and O–H groups in total. The number of carbonyl (C=O) groups is 1. The molecule has 0 radical (unpaired) electrons. The standard InChI is InChI=1S/C22H19ClF2N2O4/c1-12-3-4-13(21(29)26-2)7-18(12)27-16(10-28)9-19(20(23)22(27)30)31-11-14-5-6-15(24)8-17(14)25/h3-9,28H,10-11H2,1-2H3,(H,26,29). The zero-order valence-corrected chi connectivity index (χ0v) is 17.5. The van der Waals surface area contributed by atoms with Crippen LogP contribution in [0.3, 0.4) is 0 Å². The number of benzene rings is 2. The van der Waals surface area contributed by atoms with Gasteiger partial charge in [-0.1, -0.05) is 17.7 Å². The van der Waals surface area contributed by atoms with E-state index in [1.165, 1.54) is 29.8 Å². The third kappa shape index (κ3) is 4.60. The molecular formula is C22H19ClF2N2O4. The molecule has 1 amide bonds. The van der Waals surface area contributed by atoms with Crippen molar-refractivity contribution >= 4 is 17.5 Å². The van der Waals surface area contributed by atoms with Gasteiger partial charge in [0.15, 0.2) is 0 Å². The molecule has 0 aliphatic rings. The summed E-state index contributed by atoms with van der Waals surface area (Å²) in [7, 11) is 1.49. The number of halogens is 3. The molecule has 0 aliphatic heterocycles. The predicted molar refractivity (Wildman–Crippen MR) is 112 cm³/mol. The summed E-state index contributed by atoms with van der Waals surface area (Å²) in [6, 6.07) is 9.18. The van der Waals surface area contributed by atoms with Crippen LogP contribution in [-0.4, -0.2) is 22.6 Å². The number of aliphatic hydroxyl groups is 1. The van der Waals surface area contributed by atoms with Crippen LogP contribution in [0.5, 0.6) is 5.75 Å². The fraction of sp³-hybridized carbons (Fsp3) is 0.182. The van der Waals surface area contributed by atoms with Crippen molar-refractivity contribution in [3.05, 3.63) is 91.9 Å². The summed E-state index contributed by atoms with van der Waals surface area (Å²) in [6.07, 6.45) is 0. The van der Waals surface area contributed by atoms with Crippen LogP contribution in [0.25, 0.3) is 5.69 Å². The SMILES string of the molecule is CNC(=O)c1ccc(C)c(-n2c(CO)cc(OCc3ccc(F)cc3F)c(Cl)c2=O)c1. The molecule has 0 spiro atoms. The van der Waals surface area contributed by atoms with E-state index in [1.807, 2.05) is 0 Å². The fourth-order valence-corrected chi connectivity index (χ4v) is 3.22. The van der Waals surface area contributed by atoms with Crippen molar-refractivity contribution in [1.82, 2.24) is 9.88 Å². The largest absolute Gasteiger partial charge is 0.487 e. The van der Waals surface area contributed by atoms with Gasteiger partial charge in [0.2, 0.25) is 0 Å². The number of aryl methyl sites for hydroxylation is 1. The molecule has 1 heterocycles. The van der Waals surface area contributed by atoms with E-state index in [4.69, 9.17) is 16.3 Å². The summed E-state index contributed by atoms with van der Waals surface area (Å²) in [5.74, 6) is -1.92. The average molecular weight is 449 g/mol. The number of aromatic nitrogens is 1. The number of hydrogen-bond acceptors (Lipinski definition) is 4. The molecule has 0 atom stereocenters. The Labute approximate surface area is 181 Å². The van der Waals surface area contributed by atoms with Crippen molar-refractivity contribution in [2.45, 2.75) is 20.1 Å². The predicted octanol–water partition coefficient (Wildman–Crippen LogP) is 3.51. The van der Waals surface area contributed by atoms with Crippen LogP contribution < -0.4 is 15.6 Å². The Morgan fingerprint density at radius 1 is 1.19 bits per heavy atom. The molecule has 162 valence electrons. The minimum atomic E-state index is -0.798. The maximum Gasteiger partial charge on any atom is 0.277 e. The number of ether oxygens (including phenoxy) is 1. The maximum absolute atomic E-state index is 13.8.